The van der Waals surface area contributed by atoms with E-state index in [4.69, 9.17) is 11.6 Å². The molecule has 2 rings (SSSR count). The minimum Gasteiger partial charge on any atom is -0.321 e. The predicted octanol–water partition coefficient (Wildman–Crippen LogP) is 2.77. The van der Waals surface area contributed by atoms with Crippen molar-refractivity contribution in [2.75, 3.05) is 5.32 Å². The van der Waals surface area contributed by atoms with Crippen molar-refractivity contribution in [1.82, 2.24) is 4.57 Å². The smallest absolute Gasteiger partial charge is 0.255 e. The molecule has 1 N–H and O–H groups in total. The van der Waals surface area contributed by atoms with Gasteiger partial charge in [0.2, 0.25) is 0 Å². The summed E-state index contributed by atoms with van der Waals surface area (Å²) < 4.78 is 1.52. The van der Waals surface area contributed by atoms with Gasteiger partial charge in [-0.05, 0) is 31.2 Å². The van der Waals surface area contributed by atoms with Gasteiger partial charge in [0.05, 0.1) is 5.69 Å². The molecule has 0 saturated heterocycles. The fourth-order valence-corrected chi connectivity index (χ4v) is 1.88. The molecule has 0 radical (unpaired) electrons. The average Bonchev–Trinajstić information content (AvgIpc) is 2.41. The maximum atomic E-state index is 12.0. The van der Waals surface area contributed by atoms with E-state index in [1.807, 2.05) is 6.92 Å². The molecule has 0 spiro atoms. The third-order valence-electron chi connectivity index (χ3n) is 2.67. The van der Waals surface area contributed by atoms with E-state index in [1.165, 1.54) is 10.6 Å². The first-order valence-corrected chi connectivity index (χ1v) is 6.25. The molecule has 2 aromatic rings. The number of hydrogen-bond acceptors (Lipinski definition) is 2. The quantitative estimate of drug-likeness (QED) is 0.937. The molecule has 0 saturated carbocycles. The van der Waals surface area contributed by atoms with Gasteiger partial charge < -0.3 is 9.88 Å². The molecule has 1 heterocycles. The number of hydrogen-bond donors (Lipinski definition) is 1. The van der Waals surface area contributed by atoms with Crippen LogP contribution in [0.15, 0.2) is 47.4 Å². The minimum atomic E-state index is -0.260. The van der Waals surface area contributed by atoms with Gasteiger partial charge in [0.25, 0.3) is 11.5 Å². The van der Waals surface area contributed by atoms with E-state index in [1.54, 1.807) is 36.5 Å². The molecule has 0 aliphatic rings. The van der Waals surface area contributed by atoms with E-state index in [0.717, 1.165) is 0 Å². The van der Waals surface area contributed by atoms with Crippen LogP contribution in [0.3, 0.4) is 0 Å². The maximum Gasteiger partial charge on any atom is 0.255 e. The molecule has 1 amide bonds. The Labute approximate surface area is 115 Å². The molecule has 0 atom stereocenters. The molecule has 19 heavy (non-hydrogen) atoms. The molecule has 4 nitrogen and oxygen atoms in total. The molecule has 5 heteroatoms. The number of pyridine rings is 1. The zero-order chi connectivity index (χ0) is 13.8. The van der Waals surface area contributed by atoms with E-state index in [0.29, 0.717) is 22.8 Å². The van der Waals surface area contributed by atoms with Crippen molar-refractivity contribution in [3.05, 3.63) is 63.5 Å². The lowest BCUT2D eigenvalue weighted by atomic mass is 10.2. The van der Waals surface area contributed by atoms with Gasteiger partial charge in [-0.1, -0.05) is 17.7 Å². The Balaban J connectivity index is 2.22. The zero-order valence-electron chi connectivity index (χ0n) is 10.4. The Kier molecular flexibility index (Phi) is 4.02. The number of carbonyl (C=O) groups excluding carboxylic acids is 1. The normalized spacial score (nSPS) is 10.2. The highest BCUT2D eigenvalue weighted by molar-refractivity contribution is 6.31. The summed E-state index contributed by atoms with van der Waals surface area (Å²) in [6.45, 7) is 2.42. The SMILES string of the molecule is CCn1cc(NC(=O)c2cccc(Cl)c2)ccc1=O. The molecular weight excluding hydrogens is 264 g/mol. The van der Waals surface area contributed by atoms with E-state index < -0.39 is 0 Å². The predicted molar refractivity (Wildman–Crippen MR) is 75.8 cm³/mol. The molecule has 0 unspecified atom stereocenters. The van der Waals surface area contributed by atoms with Crippen LogP contribution in [0.2, 0.25) is 5.02 Å². The van der Waals surface area contributed by atoms with Crippen molar-refractivity contribution in [1.29, 1.82) is 0 Å². The maximum absolute atomic E-state index is 12.0. The standard InChI is InChI=1S/C14H13ClN2O2/c1-2-17-9-12(6-7-13(17)18)16-14(19)10-4-3-5-11(15)8-10/h3-9H,2H2,1H3,(H,16,19). The largest absolute Gasteiger partial charge is 0.321 e. The summed E-state index contributed by atoms with van der Waals surface area (Å²) in [7, 11) is 0. The molecule has 0 aliphatic carbocycles. The Bertz CT molecular complexity index is 664. The number of amides is 1. The lowest BCUT2D eigenvalue weighted by Crippen LogP contribution is -2.19. The lowest BCUT2D eigenvalue weighted by Gasteiger charge is -2.08. The van der Waals surface area contributed by atoms with E-state index in [2.05, 4.69) is 5.32 Å². The van der Waals surface area contributed by atoms with Gasteiger partial charge in [-0.2, -0.15) is 0 Å². The molecule has 0 fully saturated rings. The number of rotatable bonds is 3. The summed E-state index contributed by atoms with van der Waals surface area (Å²) in [4.78, 5) is 23.4. The second-order valence-electron chi connectivity index (χ2n) is 4.01. The van der Waals surface area contributed by atoms with Crippen LogP contribution in [0.4, 0.5) is 5.69 Å². The van der Waals surface area contributed by atoms with Crippen molar-refractivity contribution in [3.8, 4) is 0 Å². The Morgan fingerprint density at radius 1 is 1.32 bits per heavy atom. The second-order valence-corrected chi connectivity index (χ2v) is 4.44. The fourth-order valence-electron chi connectivity index (χ4n) is 1.69. The lowest BCUT2D eigenvalue weighted by molar-refractivity contribution is 0.102. The zero-order valence-corrected chi connectivity index (χ0v) is 11.1. The Morgan fingerprint density at radius 2 is 2.11 bits per heavy atom. The summed E-state index contributed by atoms with van der Waals surface area (Å²) in [5.74, 6) is -0.260. The van der Waals surface area contributed by atoms with Gasteiger partial charge in [-0.3, -0.25) is 9.59 Å². The third-order valence-corrected chi connectivity index (χ3v) is 2.90. The van der Waals surface area contributed by atoms with Crippen molar-refractivity contribution in [2.24, 2.45) is 0 Å². The molecule has 0 aliphatic heterocycles. The summed E-state index contributed by atoms with van der Waals surface area (Å²) in [5, 5.41) is 3.24. The van der Waals surface area contributed by atoms with Gasteiger partial charge in [0.1, 0.15) is 0 Å². The van der Waals surface area contributed by atoms with Gasteiger partial charge in [-0.15, -0.1) is 0 Å². The number of halogens is 1. The van der Waals surface area contributed by atoms with Crippen LogP contribution in [0.25, 0.3) is 0 Å². The summed E-state index contributed by atoms with van der Waals surface area (Å²) in [6.07, 6.45) is 1.62. The summed E-state index contributed by atoms with van der Waals surface area (Å²) >= 11 is 5.83. The highest BCUT2D eigenvalue weighted by Gasteiger charge is 2.07. The number of aryl methyl sites for hydroxylation is 1. The summed E-state index contributed by atoms with van der Waals surface area (Å²) in [6, 6.07) is 9.69. The number of nitrogens with zero attached hydrogens (tertiary/aromatic N) is 1. The fraction of sp³-hybridized carbons (Fsp3) is 0.143. The highest BCUT2D eigenvalue weighted by Crippen LogP contribution is 2.12. The van der Waals surface area contributed by atoms with Crippen LogP contribution >= 0.6 is 11.6 Å². The highest BCUT2D eigenvalue weighted by atomic mass is 35.5. The van der Waals surface area contributed by atoms with Crippen LogP contribution in [0.5, 0.6) is 0 Å². The second kappa shape index (κ2) is 5.71. The van der Waals surface area contributed by atoms with Crippen molar-refractivity contribution in [2.45, 2.75) is 13.5 Å². The van der Waals surface area contributed by atoms with E-state index in [9.17, 15) is 9.59 Å². The Morgan fingerprint density at radius 3 is 2.79 bits per heavy atom. The number of anilines is 1. The minimum absolute atomic E-state index is 0.0942. The average molecular weight is 277 g/mol. The number of aromatic nitrogens is 1. The Hall–Kier alpha value is -2.07. The molecular formula is C14H13ClN2O2. The molecule has 0 bridgehead atoms. The monoisotopic (exact) mass is 276 g/mol. The van der Waals surface area contributed by atoms with Gasteiger partial charge in [0.15, 0.2) is 0 Å². The number of nitrogens with one attached hydrogen (secondary N) is 1. The van der Waals surface area contributed by atoms with Gasteiger partial charge in [-0.25, -0.2) is 0 Å². The molecule has 1 aromatic heterocycles. The van der Waals surface area contributed by atoms with Crippen molar-refractivity contribution < 1.29 is 4.79 Å². The number of benzene rings is 1. The third kappa shape index (κ3) is 3.23. The summed E-state index contributed by atoms with van der Waals surface area (Å²) in [5.41, 5.74) is 0.955. The van der Waals surface area contributed by atoms with Gasteiger partial charge >= 0.3 is 0 Å². The van der Waals surface area contributed by atoms with Crippen LogP contribution in [0.1, 0.15) is 17.3 Å². The van der Waals surface area contributed by atoms with Crippen LogP contribution in [0, 0.1) is 0 Å². The van der Waals surface area contributed by atoms with Crippen molar-refractivity contribution >= 4 is 23.2 Å². The van der Waals surface area contributed by atoms with Crippen LogP contribution in [-0.4, -0.2) is 10.5 Å². The van der Waals surface area contributed by atoms with Gasteiger partial charge in [0, 0.05) is 29.4 Å². The van der Waals surface area contributed by atoms with Crippen LogP contribution < -0.4 is 10.9 Å². The van der Waals surface area contributed by atoms with E-state index >= 15 is 0 Å². The number of carbonyl (C=O) groups is 1. The topological polar surface area (TPSA) is 51.1 Å². The first-order chi connectivity index (χ1) is 9.10. The molecule has 98 valence electrons. The van der Waals surface area contributed by atoms with Crippen molar-refractivity contribution in [3.63, 3.8) is 0 Å². The van der Waals surface area contributed by atoms with Crippen LogP contribution in [-0.2, 0) is 6.54 Å². The first kappa shape index (κ1) is 13.4. The first-order valence-electron chi connectivity index (χ1n) is 5.87. The van der Waals surface area contributed by atoms with E-state index in [-0.39, 0.29) is 11.5 Å². The molecule has 1 aromatic carbocycles.